The molecule has 2 bridgehead atoms. The molecule has 2 fully saturated rings. The fourth-order valence-electron chi connectivity index (χ4n) is 3.90. The third kappa shape index (κ3) is 5.31. The summed E-state index contributed by atoms with van der Waals surface area (Å²) in [6, 6.07) is 1.74. The Bertz CT molecular complexity index is 259. The van der Waals surface area contributed by atoms with Gasteiger partial charge >= 0.3 is 0 Å². The van der Waals surface area contributed by atoms with Crippen LogP contribution in [0.2, 0.25) is 0 Å². The number of hydrogen-bond donors (Lipinski definition) is 0. The van der Waals surface area contributed by atoms with Crippen molar-refractivity contribution in [1.29, 1.82) is 0 Å². The van der Waals surface area contributed by atoms with E-state index in [2.05, 4.69) is 32.8 Å². The third-order valence-electron chi connectivity index (χ3n) is 5.34. The van der Waals surface area contributed by atoms with Crippen LogP contribution in [-0.4, -0.2) is 53.9 Å². The number of likely N-dealkylation sites (N-methyl/N-ethyl adjacent to an activating group) is 1. The Labute approximate surface area is 134 Å². The maximum absolute atomic E-state index is 3.50. The number of alkyl halides is 1. The summed E-state index contributed by atoms with van der Waals surface area (Å²) in [5.41, 5.74) is 0. The largest absolute Gasteiger partial charge is 0.302 e. The quantitative estimate of drug-likeness (QED) is 0.455. The normalized spacial score (nSPS) is 27.9. The van der Waals surface area contributed by atoms with Gasteiger partial charge in [0.1, 0.15) is 0 Å². The number of nitrogens with zero attached hydrogens (tertiary/aromatic N) is 2. The molecule has 2 unspecified atom stereocenters. The fourth-order valence-corrected chi connectivity index (χ4v) is 4.29. The molecule has 0 N–H and O–H groups in total. The van der Waals surface area contributed by atoms with E-state index in [1.54, 1.807) is 0 Å². The van der Waals surface area contributed by atoms with Gasteiger partial charge in [-0.05, 0) is 52.2 Å². The van der Waals surface area contributed by atoms with Crippen LogP contribution < -0.4 is 0 Å². The Morgan fingerprint density at radius 2 is 1.50 bits per heavy atom. The van der Waals surface area contributed by atoms with Crippen LogP contribution in [0.15, 0.2) is 0 Å². The van der Waals surface area contributed by atoms with Gasteiger partial charge in [0.15, 0.2) is 0 Å². The summed E-state index contributed by atoms with van der Waals surface area (Å²) in [6.45, 7) is 4.02. The number of likely N-dealkylation sites (tertiary alicyclic amines) is 1. The Kier molecular flexibility index (Phi) is 7.90. The molecular weight excluding hydrogens is 312 g/mol. The molecule has 3 heteroatoms. The highest BCUT2D eigenvalue weighted by Gasteiger charge is 2.34. The molecule has 2 atom stereocenters. The second-order valence-corrected chi connectivity index (χ2v) is 7.60. The molecule has 2 heterocycles. The highest BCUT2D eigenvalue weighted by molar-refractivity contribution is 9.09. The maximum Gasteiger partial charge on any atom is 0.0223 e. The molecule has 0 aromatic heterocycles. The zero-order valence-corrected chi connectivity index (χ0v) is 14.9. The molecule has 0 spiro atoms. The van der Waals surface area contributed by atoms with Gasteiger partial charge in [0, 0.05) is 24.0 Å². The van der Waals surface area contributed by atoms with Gasteiger partial charge < -0.3 is 4.90 Å². The van der Waals surface area contributed by atoms with Crippen molar-refractivity contribution in [2.24, 2.45) is 0 Å². The van der Waals surface area contributed by atoms with Crippen LogP contribution in [0.1, 0.15) is 64.2 Å². The first-order valence-corrected chi connectivity index (χ1v) is 9.93. The van der Waals surface area contributed by atoms with E-state index in [9.17, 15) is 0 Å². The summed E-state index contributed by atoms with van der Waals surface area (Å²) >= 11 is 3.50. The molecule has 2 aliphatic heterocycles. The van der Waals surface area contributed by atoms with Gasteiger partial charge in [-0.3, -0.25) is 4.90 Å². The van der Waals surface area contributed by atoms with E-state index in [0.29, 0.717) is 0 Å². The summed E-state index contributed by atoms with van der Waals surface area (Å²) in [5.74, 6) is 0. The van der Waals surface area contributed by atoms with Gasteiger partial charge in [-0.2, -0.15) is 0 Å². The predicted octanol–water partition coefficient (Wildman–Crippen LogP) is 4.28. The van der Waals surface area contributed by atoms with Crippen LogP contribution in [0.5, 0.6) is 0 Å². The molecule has 0 aliphatic carbocycles. The number of fused-ring (bicyclic) bond motifs is 2. The van der Waals surface area contributed by atoms with Crippen LogP contribution in [0.25, 0.3) is 0 Å². The van der Waals surface area contributed by atoms with Crippen LogP contribution >= 0.6 is 15.9 Å². The van der Waals surface area contributed by atoms with Crippen molar-refractivity contribution in [3.63, 3.8) is 0 Å². The van der Waals surface area contributed by atoms with Crippen LogP contribution in [0, 0.1) is 0 Å². The van der Waals surface area contributed by atoms with Crippen molar-refractivity contribution in [1.82, 2.24) is 9.80 Å². The van der Waals surface area contributed by atoms with Crippen molar-refractivity contribution < 1.29 is 0 Å². The highest BCUT2D eigenvalue weighted by Crippen LogP contribution is 2.28. The summed E-state index contributed by atoms with van der Waals surface area (Å²) in [6.07, 6.45) is 14.2. The third-order valence-corrected chi connectivity index (χ3v) is 5.90. The van der Waals surface area contributed by atoms with E-state index in [1.807, 2.05) is 0 Å². The zero-order chi connectivity index (χ0) is 14.2. The molecule has 0 aromatic rings. The fraction of sp³-hybridized carbons (Fsp3) is 1.00. The van der Waals surface area contributed by atoms with Gasteiger partial charge in [-0.25, -0.2) is 0 Å². The lowest BCUT2D eigenvalue weighted by atomic mass is 10.1. The maximum atomic E-state index is 3.50. The SMILES string of the molecule is CN1C2CCC1CN(CCCCCCCCCBr)CC2. The molecule has 0 saturated carbocycles. The highest BCUT2D eigenvalue weighted by atomic mass is 79.9. The summed E-state index contributed by atoms with van der Waals surface area (Å²) < 4.78 is 0. The Hall–Kier alpha value is 0.400. The molecule has 20 heavy (non-hydrogen) atoms. The van der Waals surface area contributed by atoms with Crippen molar-refractivity contribution >= 4 is 15.9 Å². The lowest BCUT2D eigenvalue weighted by molar-refractivity contribution is 0.216. The van der Waals surface area contributed by atoms with Crippen LogP contribution in [-0.2, 0) is 0 Å². The Balaban J connectivity index is 1.50. The molecular formula is C17H33BrN2. The molecule has 2 rings (SSSR count). The van der Waals surface area contributed by atoms with Crippen molar-refractivity contribution in [3.8, 4) is 0 Å². The first-order valence-electron chi connectivity index (χ1n) is 8.81. The second-order valence-electron chi connectivity index (χ2n) is 6.80. The number of unbranched alkanes of at least 4 members (excludes halogenated alkanes) is 6. The lowest BCUT2D eigenvalue weighted by Crippen LogP contribution is -2.37. The molecule has 0 radical (unpaired) electrons. The average Bonchev–Trinajstić information content (AvgIpc) is 2.69. The van der Waals surface area contributed by atoms with Gasteiger partial charge in [-0.1, -0.05) is 48.0 Å². The Morgan fingerprint density at radius 1 is 0.850 bits per heavy atom. The van der Waals surface area contributed by atoms with E-state index < -0.39 is 0 Å². The summed E-state index contributed by atoms with van der Waals surface area (Å²) in [4.78, 5) is 5.40. The second kappa shape index (κ2) is 9.42. The number of hydrogen-bond acceptors (Lipinski definition) is 2. The zero-order valence-electron chi connectivity index (χ0n) is 13.3. The van der Waals surface area contributed by atoms with Crippen molar-refractivity contribution in [2.75, 3.05) is 32.0 Å². The first-order chi connectivity index (χ1) is 9.81. The van der Waals surface area contributed by atoms with Gasteiger partial charge in [0.2, 0.25) is 0 Å². The van der Waals surface area contributed by atoms with E-state index in [4.69, 9.17) is 0 Å². The predicted molar refractivity (Wildman–Crippen MR) is 91.7 cm³/mol. The minimum absolute atomic E-state index is 0.853. The van der Waals surface area contributed by atoms with Crippen molar-refractivity contribution in [3.05, 3.63) is 0 Å². The van der Waals surface area contributed by atoms with Crippen LogP contribution in [0.4, 0.5) is 0 Å². The molecule has 0 amide bonds. The van der Waals surface area contributed by atoms with Gasteiger partial charge in [0.05, 0.1) is 0 Å². The number of rotatable bonds is 9. The molecule has 118 valence electrons. The minimum atomic E-state index is 0.853. The van der Waals surface area contributed by atoms with E-state index in [-0.39, 0.29) is 0 Å². The minimum Gasteiger partial charge on any atom is -0.302 e. The number of halogens is 1. The smallest absolute Gasteiger partial charge is 0.0223 e. The molecule has 0 aromatic carbocycles. The van der Waals surface area contributed by atoms with E-state index in [0.717, 1.165) is 12.1 Å². The Morgan fingerprint density at radius 3 is 2.25 bits per heavy atom. The molecule has 2 aliphatic rings. The van der Waals surface area contributed by atoms with Crippen LogP contribution in [0.3, 0.4) is 0 Å². The topological polar surface area (TPSA) is 6.48 Å². The lowest BCUT2D eigenvalue weighted by Gasteiger charge is -2.25. The molecule has 2 saturated heterocycles. The average molecular weight is 345 g/mol. The summed E-state index contributed by atoms with van der Waals surface area (Å²) in [7, 11) is 2.35. The molecule has 2 nitrogen and oxygen atoms in total. The monoisotopic (exact) mass is 344 g/mol. The van der Waals surface area contributed by atoms with E-state index in [1.165, 1.54) is 89.2 Å². The summed E-state index contributed by atoms with van der Waals surface area (Å²) in [5, 5.41) is 1.18. The van der Waals surface area contributed by atoms with Gasteiger partial charge in [-0.15, -0.1) is 0 Å². The first kappa shape index (κ1) is 16.8. The standard InChI is InChI=1S/C17H33BrN2/c1-19-16-9-10-17(19)15-20(14-11-16)13-8-6-4-2-3-5-7-12-18/h16-17H,2-15H2,1H3. The van der Waals surface area contributed by atoms with E-state index >= 15 is 0 Å². The van der Waals surface area contributed by atoms with Crippen molar-refractivity contribution in [2.45, 2.75) is 76.3 Å². The van der Waals surface area contributed by atoms with Gasteiger partial charge in [0.25, 0.3) is 0 Å².